The molecule has 2 rings (SSSR count). The Kier molecular flexibility index (Phi) is 5.22. The number of aliphatic hydroxyl groups excluding tert-OH is 1. The van der Waals surface area contributed by atoms with Crippen molar-refractivity contribution < 1.29 is 9.90 Å². The second-order valence-corrected chi connectivity index (χ2v) is 6.44. The van der Waals surface area contributed by atoms with Gasteiger partial charge in [-0.15, -0.1) is 0 Å². The van der Waals surface area contributed by atoms with E-state index in [1.165, 1.54) is 12.8 Å². The van der Waals surface area contributed by atoms with Gasteiger partial charge in [-0.2, -0.15) is 0 Å². The molecule has 4 nitrogen and oxygen atoms in total. The van der Waals surface area contributed by atoms with Crippen molar-refractivity contribution in [1.82, 2.24) is 10.6 Å². The van der Waals surface area contributed by atoms with Crippen molar-refractivity contribution in [3.05, 3.63) is 0 Å². The summed E-state index contributed by atoms with van der Waals surface area (Å²) in [6, 6.07) is 1.28. The third-order valence-electron chi connectivity index (χ3n) is 4.85. The highest BCUT2D eigenvalue weighted by atomic mass is 16.3. The fraction of sp³-hybridized carbons (Fsp3) is 0.933. The van der Waals surface area contributed by atoms with Gasteiger partial charge < -0.3 is 15.7 Å². The maximum atomic E-state index is 11.9. The van der Waals surface area contributed by atoms with Gasteiger partial charge in [-0.3, -0.25) is 4.79 Å². The quantitative estimate of drug-likeness (QED) is 0.683. The zero-order valence-electron chi connectivity index (χ0n) is 12.2. The van der Waals surface area contributed by atoms with Crippen molar-refractivity contribution >= 4 is 5.91 Å². The summed E-state index contributed by atoms with van der Waals surface area (Å²) in [6.07, 6.45) is 5.97. The van der Waals surface area contributed by atoms with Crippen molar-refractivity contribution in [2.45, 2.75) is 70.6 Å². The van der Waals surface area contributed by atoms with Crippen LogP contribution < -0.4 is 10.6 Å². The number of aliphatic hydroxyl groups is 1. The van der Waals surface area contributed by atoms with Gasteiger partial charge in [0.05, 0.1) is 6.10 Å². The molecule has 0 aromatic carbocycles. The highest BCUT2D eigenvalue weighted by Gasteiger charge is 2.34. The van der Waals surface area contributed by atoms with E-state index in [1.807, 2.05) is 6.92 Å². The Morgan fingerprint density at radius 2 is 2.00 bits per heavy atom. The van der Waals surface area contributed by atoms with Gasteiger partial charge in [0.15, 0.2) is 0 Å². The monoisotopic (exact) mass is 268 g/mol. The summed E-state index contributed by atoms with van der Waals surface area (Å²) >= 11 is 0. The van der Waals surface area contributed by atoms with Crippen LogP contribution in [0.3, 0.4) is 0 Å². The van der Waals surface area contributed by atoms with Crippen molar-refractivity contribution in [2.24, 2.45) is 11.8 Å². The zero-order valence-corrected chi connectivity index (χ0v) is 12.2. The fourth-order valence-corrected chi connectivity index (χ4v) is 3.37. The second kappa shape index (κ2) is 6.71. The van der Waals surface area contributed by atoms with Crippen molar-refractivity contribution in [2.75, 3.05) is 6.54 Å². The molecule has 19 heavy (non-hydrogen) atoms. The van der Waals surface area contributed by atoms with Crippen LogP contribution in [-0.4, -0.2) is 35.7 Å². The van der Waals surface area contributed by atoms with Crippen LogP contribution in [-0.2, 0) is 4.79 Å². The van der Waals surface area contributed by atoms with Crippen LogP contribution in [0, 0.1) is 11.8 Å². The number of hydrogen-bond acceptors (Lipinski definition) is 3. The average Bonchev–Trinajstić information content (AvgIpc) is 2.74. The minimum atomic E-state index is -0.418. The fourth-order valence-electron chi connectivity index (χ4n) is 3.37. The highest BCUT2D eigenvalue weighted by Crippen LogP contribution is 2.32. The van der Waals surface area contributed by atoms with E-state index in [-0.39, 0.29) is 11.8 Å². The Balaban J connectivity index is 1.67. The summed E-state index contributed by atoms with van der Waals surface area (Å²) in [5.74, 6) is 0.878. The van der Waals surface area contributed by atoms with E-state index in [9.17, 15) is 9.90 Å². The van der Waals surface area contributed by atoms with Crippen LogP contribution >= 0.6 is 0 Å². The molecule has 0 aromatic heterocycles. The van der Waals surface area contributed by atoms with Gasteiger partial charge in [0.1, 0.15) is 0 Å². The molecule has 0 radical (unpaired) electrons. The molecule has 0 saturated carbocycles. The molecule has 0 aliphatic carbocycles. The summed E-state index contributed by atoms with van der Waals surface area (Å²) in [6.45, 7) is 4.47. The maximum absolute atomic E-state index is 11.9. The molecule has 2 saturated heterocycles. The molecular formula is C15H28N2O2. The number of hydrogen-bond donors (Lipinski definition) is 3. The Morgan fingerprint density at radius 3 is 2.58 bits per heavy atom. The van der Waals surface area contributed by atoms with Gasteiger partial charge in [-0.1, -0.05) is 20.3 Å². The predicted molar refractivity (Wildman–Crippen MR) is 75.8 cm³/mol. The van der Waals surface area contributed by atoms with Gasteiger partial charge in [0.2, 0.25) is 5.91 Å². The molecule has 2 heterocycles. The molecule has 4 heteroatoms. The van der Waals surface area contributed by atoms with E-state index in [4.69, 9.17) is 0 Å². The van der Waals surface area contributed by atoms with Crippen LogP contribution in [0.1, 0.15) is 52.4 Å². The maximum Gasteiger partial charge on any atom is 0.220 e. The Morgan fingerprint density at radius 1 is 1.37 bits per heavy atom. The molecule has 3 N–H and O–H groups in total. The van der Waals surface area contributed by atoms with Crippen LogP contribution in [0.25, 0.3) is 0 Å². The average molecular weight is 268 g/mol. The third-order valence-corrected chi connectivity index (χ3v) is 4.85. The Hall–Kier alpha value is -0.610. The number of carbonyl (C=O) groups is 1. The molecule has 4 unspecified atom stereocenters. The second-order valence-electron chi connectivity index (χ2n) is 6.44. The molecule has 110 valence electrons. The van der Waals surface area contributed by atoms with Crippen LogP contribution in [0.2, 0.25) is 0 Å². The standard InChI is InChI=1S/C15H28N2O2/c1-3-10(2)14(18)9-16-15(19)8-11-6-12-4-5-13(7-11)17-12/h10-14,17-18H,3-9H2,1-2H3,(H,16,19). The Labute approximate surface area is 116 Å². The van der Waals surface area contributed by atoms with Gasteiger partial charge in [-0.05, 0) is 37.5 Å². The van der Waals surface area contributed by atoms with Crippen LogP contribution in [0.4, 0.5) is 0 Å². The normalized spacial score (nSPS) is 32.9. The largest absolute Gasteiger partial charge is 0.391 e. The molecular weight excluding hydrogens is 240 g/mol. The molecule has 2 fully saturated rings. The molecule has 2 bridgehead atoms. The smallest absolute Gasteiger partial charge is 0.220 e. The number of rotatable bonds is 6. The molecule has 1 amide bonds. The summed E-state index contributed by atoms with van der Waals surface area (Å²) < 4.78 is 0. The lowest BCUT2D eigenvalue weighted by molar-refractivity contribution is -0.122. The van der Waals surface area contributed by atoms with E-state index in [0.29, 0.717) is 31.0 Å². The van der Waals surface area contributed by atoms with Crippen LogP contribution in [0.5, 0.6) is 0 Å². The molecule has 0 aromatic rings. The van der Waals surface area contributed by atoms with Gasteiger partial charge in [0, 0.05) is 25.0 Å². The predicted octanol–water partition coefficient (Wildman–Crippen LogP) is 1.43. The molecule has 2 aliphatic heterocycles. The third kappa shape index (κ3) is 4.18. The lowest BCUT2D eigenvalue weighted by atomic mass is 9.89. The minimum Gasteiger partial charge on any atom is -0.391 e. The summed E-state index contributed by atoms with van der Waals surface area (Å²) in [4.78, 5) is 11.9. The first-order valence-corrected chi connectivity index (χ1v) is 7.79. The number of piperidine rings is 1. The summed E-state index contributed by atoms with van der Waals surface area (Å²) in [5.41, 5.74) is 0. The number of carbonyl (C=O) groups excluding carboxylic acids is 1. The van der Waals surface area contributed by atoms with E-state index in [2.05, 4.69) is 17.6 Å². The molecule has 0 spiro atoms. The number of amides is 1. The van der Waals surface area contributed by atoms with Gasteiger partial charge >= 0.3 is 0 Å². The van der Waals surface area contributed by atoms with Crippen molar-refractivity contribution in [1.29, 1.82) is 0 Å². The summed E-state index contributed by atoms with van der Waals surface area (Å²) in [5, 5.41) is 16.3. The topological polar surface area (TPSA) is 61.4 Å². The zero-order chi connectivity index (χ0) is 13.8. The van der Waals surface area contributed by atoms with Crippen LogP contribution in [0.15, 0.2) is 0 Å². The first kappa shape index (κ1) is 14.8. The van der Waals surface area contributed by atoms with E-state index in [0.717, 1.165) is 19.3 Å². The highest BCUT2D eigenvalue weighted by molar-refractivity contribution is 5.76. The molecule has 4 atom stereocenters. The van der Waals surface area contributed by atoms with Crippen molar-refractivity contribution in [3.8, 4) is 0 Å². The SMILES string of the molecule is CCC(C)C(O)CNC(=O)CC1CC2CCC(C1)N2. The van der Waals surface area contributed by atoms with Gasteiger partial charge in [-0.25, -0.2) is 0 Å². The van der Waals surface area contributed by atoms with Crippen molar-refractivity contribution in [3.63, 3.8) is 0 Å². The first-order chi connectivity index (χ1) is 9.08. The van der Waals surface area contributed by atoms with E-state index < -0.39 is 6.10 Å². The van der Waals surface area contributed by atoms with E-state index in [1.54, 1.807) is 0 Å². The van der Waals surface area contributed by atoms with Gasteiger partial charge in [0.25, 0.3) is 0 Å². The Bertz CT molecular complexity index is 297. The lowest BCUT2D eigenvalue weighted by Crippen LogP contribution is -2.41. The number of fused-ring (bicyclic) bond motifs is 2. The molecule has 2 aliphatic rings. The lowest BCUT2D eigenvalue weighted by Gasteiger charge is -2.28. The first-order valence-electron chi connectivity index (χ1n) is 7.79. The summed E-state index contributed by atoms with van der Waals surface area (Å²) in [7, 11) is 0. The number of nitrogens with one attached hydrogen (secondary N) is 2. The minimum absolute atomic E-state index is 0.105. The van der Waals surface area contributed by atoms with E-state index >= 15 is 0 Å².